The number of esters is 1. The number of methoxy groups -OCH3 is 1. The molecule has 9 heteroatoms. The standard InChI is InChI=1S/C23H22N4O4S/c1-31-23(30)19(10-14-11-24-17-8-4-2-6-15(14)17)26-21(28)13-32-12-20-25-18-9-5-3-7-16(18)22(29)27-20/h2-9,11,19,24H,10,12-13H2,1H3,(H,26,28)(H,25,27,29)/t19-/m0/s1. The number of nitrogens with one attached hydrogen (secondary N) is 3. The molecule has 0 fully saturated rings. The predicted molar refractivity (Wildman–Crippen MR) is 124 cm³/mol. The fraction of sp³-hybridized carbons (Fsp3) is 0.217. The van der Waals surface area contributed by atoms with Crippen LogP contribution in [0.2, 0.25) is 0 Å². The largest absolute Gasteiger partial charge is 0.467 e. The molecule has 8 nitrogen and oxygen atoms in total. The van der Waals surface area contributed by atoms with Gasteiger partial charge in [0.25, 0.3) is 5.56 Å². The SMILES string of the molecule is COC(=O)[C@H](Cc1c[nH]c2ccccc12)NC(=O)CSCc1nc2ccccc2c(=O)[nH]1. The molecule has 2 aromatic heterocycles. The van der Waals surface area contributed by atoms with Gasteiger partial charge >= 0.3 is 5.97 Å². The fourth-order valence-electron chi connectivity index (χ4n) is 3.54. The number of benzene rings is 2. The van der Waals surface area contributed by atoms with E-state index in [4.69, 9.17) is 4.74 Å². The Kier molecular flexibility index (Phi) is 6.55. The highest BCUT2D eigenvalue weighted by Crippen LogP contribution is 2.19. The van der Waals surface area contributed by atoms with Crippen molar-refractivity contribution in [2.75, 3.05) is 12.9 Å². The van der Waals surface area contributed by atoms with Crippen molar-refractivity contribution in [2.24, 2.45) is 0 Å². The van der Waals surface area contributed by atoms with Gasteiger partial charge in [-0.25, -0.2) is 9.78 Å². The van der Waals surface area contributed by atoms with Crippen LogP contribution in [0.25, 0.3) is 21.8 Å². The molecule has 1 atom stereocenters. The molecule has 0 unspecified atom stereocenters. The maximum atomic E-state index is 12.5. The number of hydrogen-bond donors (Lipinski definition) is 3. The van der Waals surface area contributed by atoms with E-state index in [-0.39, 0.29) is 17.2 Å². The lowest BCUT2D eigenvalue weighted by Gasteiger charge is -2.16. The topological polar surface area (TPSA) is 117 Å². The molecule has 32 heavy (non-hydrogen) atoms. The Balaban J connectivity index is 1.37. The van der Waals surface area contributed by atoms with Crippen LogP contribution >= 0.6 is 11.8 Å². The van der Waals surface area contributed by atoms with Crippen LogP contribution in [-0.4, -0.2) is 45.7 Å². The second kappa shape index (κ2) is 9.69. The molecule has 0 spiro atoms. The van der Waals surface area contributed by atoms with Crippen molar-refractivity contribution in [1.29, 1.82) is 0 Å². The molecule has 0 aliphatic heterocycles. The van der Waals surface area contributed by atoms with Gasteiger partial charge in [0.2, 0.25) is 5.91 Å². The van der Waals surface area contributed by atoms with Crippen molar-refractivity contribution in [3.05, 3.63) is 76.5 Å². The van der Waals surface area contributed by atoms with Crippen LogP contribution in [0.5, 0.6) is 0 Å². The molecule has 0 saturated heterocycles. The van der Waals surface area contributed by atoms with Crippen LogP contribution in [0.4, 0.5) is 0 Å². The Hall–Kier alpha value is -3.59. The summed E-state index contributed by atoms with van der Waals surface area (Å²) in [4.78, 5) is 47.3. The first-order valence-corrected chi connectivity index (χ1v) is 11.2. The summed E-state index contributed by atoms with van der Waals surface area (Å²) in [6, 6.07) is 14.1. The quantitative estimate of drug-likeness (QED) is 0.355. The number of fused-ring (bicyclic) bond motifs is 2. The summed E-state index contributed by atoms with van der Waals surface area (Å²) in [7, 11) is 1.30. The summed E-state index contributed by atoms with van der Waals surface area (Å²) in [5.74, 6) is 0.161. The van der Waals surface area contributed by atoms with Gasteiger partial charge in [-0.3, -0.25) is 9.59 Å². The number of aromatic amines is 2. The van der Waals surface area contributed by atoms with E-state index in [1.807, 2.05) is 36.5 Å². The molecular weight excluding hydrogens is 428 g/mol. The highest BCUT2D eigenvalue weighted by Gasteiger charge is 2.23. The summed E-state index contributed by atoms with van der Waals surface area (Å²) in [5.41, 5.74) is 2.28. The molecule has 0 saturated carbocycles. The third-order valence-corrected chi connectivity index (χ3v) is 6.00. The second-order valence-corrected chi connectivity index (χ2v) is 8.22. The Morgan fingerprint density at radius 3 is 2.69 bits per heavy atom. The number of aromatic nitrogens is 3. The number of H-pyrrole nitrogens is 2. The van der Waals surface area contributed by atoms with E-state index in [1.54, 1.807) is 18.2 Å². The normalized spacial score (nSPS) is 12.0. The molecule has 0 aliphatic rings. The van der Waals surface area contributed by atoms with Crippen LogP contribution in [0, 0.1) is 0 Å². The lowest BCUT2D eigenvalue weighted by molar-refractivity contribution is -0.144. The van der Waals surface area contributed by atoms with Crippen LogP contribution < -0.4 is 10.9 Å². The predicted octanol–water partition coefficient (Wildman–Crippen LogP) is 2.54. The average Bonchev–Trinajstić information content (AvgIpc) is 3.21. The van der Waals surface area contributed by atoms with Crippen molar-refractivity contribution in [2.45, 2.75) is 18.2 Å². The Morgan fingerprint density at radius 1 is 1.12 bits per heavy atom. The van der Waals surface area contributed by atoms with E-state index in [0.717, 1.165) is 16.5 Å². The van der Waals surface area contributed by atoms with Crippen LogP contribution in [0.1, 0.15) is 11.4 Å². The zero-order valence-electron chi connectivity index (χ0n) is 17.4. The Labute approximate surface area is 187 Å². The van der Waals surface area contributed by atoms with Gasteiger partial charge in [0.1, 0.15) is 11.9 Å². The highest BCUT2D eigenvalue weighted by molar-refractivity contribution is 7.99. The third kappa shape index (κ3) is 4.83. The van der Waals surface area contributed by atoms with Gasteiger partial charge in [-0.1, -0.05) is 30.3 Å². The third-order valence-electron chi connectivity index (χ3n) is 5.05. The van der Waals surface area contributed by atoms with E-state index in [9.17, 15) is 14.4 Å². The minimum atomic E-state index is -0.800. The lowest BCUT2D eigenvalue weighted by Crippen LogP contribution is -2.43. The van der Waals surface area contributed by atoms with Gasteiger partial charge in [-0.05, 0) is 23.8 Å². The fourth-order valence-corrected chi connectivity index (χ4v) is 4.24. The monoisotopic (exact) mass is 450 g/mol. The minimum Gasteiger partial charge on any atom is -0.467 e. The van der Waals surface area contributed by atoms with Crippen molar-refractivity contribution >= 4 is 45.4 Å². The molecule has 4 aromatic rings. The van der Waals surface area contributed by atoms with Gasteiger partial charge in [-0.15, -0.1) is 11.8 Å². The number of hydrogen-bond acceptors (Lipinski definition) is 6. The molecular formula is C23H22N4O4S. The number of thioether (sulfide) groups is 1. The Morgan fingerprint density at radius 2 is 1.88 bits per heavy atom. The summed E-state index contributed by atoms with van der Waals surface area (Å²) in [6.45, 7) is 0. The molecule has 0 radical (unpaired) electrons. The summed E-state index contributed by atoms with van der Waals surface area (Å²) in [5, 5.41) is 4.28. The smallest absolute Gasteiger partial charge is 0.328 e. The molecule has 1 amide bonds. The van der Waals surface area contributed by atoms with E-state index >= 15 is 0 Å². The maximum Gasteiger partial charge on any atom is 0.328 e. The van der Waals surface area contributed by atoms with Gasteiger partial charge in [0.05, 0.1) is 29.5 Å². The second-order valence-electron chi connectivity index (χ2n) is 7.23. The number of amides is 1. The van der Waals surface area contributed by atoms with Gasteiger partial charge < -0.3 is 20.0 Å². The number of para-hydroxylation sites is 2. The van der Waals surface area contributed by atoms with Crippen molar-refractivity contribution < 1.29 is 14.3 Å². The van der Waals surface area contributed by atoms with Gasteiger partial charge in [0, 0.05) is 23.5 Å². The van der Waals surface area contributed by atoms with E-state index in [1.165, 1.54) is 18.9 Å². The van der Waals surface area contributed by atoms with Gasteiger partial charge in [-0.2, -0.15) is 0 Å². The molecule has 0 aliphatic carbocycles. The Bertz CT molecular complexity index is 1330. The minimum absolute atomic E-state index is 0.109. The molecule has 164 valence electrons. The first-order valence-electron chi connectivity index (χ1n) is 10.0. The first kappa shape index (κ1) is 21.6. The zero-order chi connectivity index (χ0) is 22.5. The molecule has 4 rings (SSSR count). The van der Waals surface area contributed by atoms with E-state index in [2.05, 4.69) is 20.3 Å². The van der Waals surface area contributed by atoms with Gasteiger partial charge in [0.15, 0.2) is 0 Å². The van der Waals surface area contributed by atoms with Crippen molar-refractivity contribution in [3.63, 3.8) is 0 Å². The molecule has 2 heterocycles. The number of rotatable bonds is 8. The zero-order valence-corrected chi connectivity index (χ0v) is 18.2. The number of ether oxygens (including phenoxy) is 1. The number of carbonyl (C=O) groups excluding carboxylic acids is 2. The summed E-state index contributed by atoms with van der Waals surface area (Å²) < 4.78 is 4.88. The maximum absolute atomic E-state index is 12.5. The molecule has 0 bridgehead atoms. The number of nitrogens with zero attached hydrogens (tertiary/aromatic N) is 1. The van der Waals surface area contributed by atoms with E-state index in [0.29, 0.717) is 28.9 Å². The molecule has 2 aromatic carbocycles. The van der Waals surface area contributed by atoms with Crippen LogP contribution in [-0.2, 0) is 26.5 Å². The van der Waals surface area contributed by atoms with Crippen molar-refractivity contribution in [1.82, 2.24) is 20.3 Å². The summed E-state index contributed by atoms with van der Waals surface area (Å²) >= 11 is 1.30. The first-order chi connectivity index (χ1) is 15.5. The van der Waals surface area contributed by atoms with Crippen molar-refractivity contribution in [3.8, 4) is 0 Å². The molecule has 3 N–H and O–H groups in total. The van der Waals surface area contributed by atoms with Crippen LogP contribution in [0.15, 0.2) is 59.5 Å². The number of carbonyl (C=O) groups is 2. The lowest BCUT2D eigenvalue weighted by atomic mass is 10.0. The summed E-state index contributed by atoms with van der Waals surface area (Å²) in [6.07, 6.45) is 2.15. The average molecular weight is 451 g/mol. The van der Waals surface area contributed by atoms with Crippen LogP contribution in [0.3, 0.4) is 0 Å². The highest BCUT2D eigenvalue weighted by atomic mass is 32.2. The van der Waals surface area contributed by atoms with E-state index < -0.39 is 12.0 Å².